The maximum atomic E-state index is 11.2. The Kier molecular flexibility index (Phi) is 4.34. The highest BCUT2D eigenvalue weighted by molar-refractivity contribution is 9.10. The van der Waals surface area contributed by atoms with Crippen LogP contribution >= 0.6 is 15.9 Å². The number of hydrogen-bond acceptors (Lipinski definition) is 2. The molecule has 1 N–H and O–H groups in total. The summed E-state index contributed by atoms with van der Waals surface area (Å²) in [4.78, 5) is 12.6. The van der Waals surface area contributed by atoms with Crippen molar-refractivity contribution in [1.29, 1.82) is 0 Å². The Bertz CT molecular complexity index is 688. The van der Waals surface area contributed by atoms with Gasteiger partial charge in [0.1, 0.15) is 12.4 Å². The number of hydrogen-bond donors (Lipinski definition) is 1. The Morgan fingerprint density at radius 3 is 2.68 bits per heavy atom. The smallest absolute Gasteiger partial charge is 0.407 e. The van der Waals surface area contributed by atoms with E-state index < -0.39 is 6.09 Å². The van der Waals surface area contributed by atoms with Crippen LogP contribution in [0.3, 0.4) is 0 Å². The highest BCUT2D eigenvalue weighted by Crippen LogP contribution is 2.34. The van der Waals surface area contributed by atoms with Gasteiger partial charge in [0.2, 0.25) is 0 Å². The number of rotatable bonds is 3. The standard InChI is InChI=1S/C17H16BrNO3/c18-15-6-7-16(22-11-12-4-2-1-3-5-12)13-8-9-19(17(20)21)10-14(13)15/h1-7H,8-11H2,(H,20,21). The molecule has 1 aliphatic rings. The summed E-state index contributed by atoms with van der Waals surface area (Å²) < 4.78 is 6.89. The Labute approximate surface area is 137 Å². The van der Waals surface area contributed by atoms with Gasteiger partial charge in [0.25, 0.3) is 0 Å². The summed E-state index contributed by atoms with van der Waals surface area (Å²) in [5.41, 5.74) is 3.21. The van der Waals surface area contributed by atoms with Crippen molar-refractivity contribution < 1.29 is 14.6 Å². The van der Waals surface area contributed by atoms with Gasteiger partial charge in [-0.1, -0.05) is 46.3 Å². The molecule has 0 aliphatic carbocycles. The topological polar surface area (TPSA) is 49.8 Å². The summed E-state index contributed by atoms with van der Waals surface area (Å²) in [6.07, 6.45) is -0.210. The monoisotopic (exact) mass is 361 g/mol. The third-order valence-electron chi connectivity index (χ3n) is 3.82. The van der Waals surface area contributed by atoms with Crippen LogP contribution in [0, 0.1) is 0 Å². The molecule has 3 rings (SSSR count). The van der Waals surface area contributed by atoms with E-state index in [0.717, 1.165) is 26.9 Å². The van der Waals surface area contributed by atoms with Gasteiger partial charge in [-0.25, -0.2) is 4.79 Å². The highest BCUT2D eigenvalue weighted by atomic mass is 79.9. The van der Waals surface area contributed by atoms with Crippen molar-refractivity contribution in [3.8, 4) is 5.75 Å². The van der Waals surface area contributed by atoms with Gasteiger partial charge in [-0.2, -0.15) is 0 Å². The van der Waals surface area contributed by atoms with E-state index in [-0.39, 0.29) is 0 Å². The lowest BCUT2D eigenvalue weighted by molar-refractivity contribution is 0.139. The summed E-state index contributed by atoms with van der Waals surface area (Å²) in [5, 5.41) is 9.16. The molecular weight excluding hydrogens is 346 g/mol. The van der Waals surface area contributed by atoms with Crippen LogP contribution in [0.15, 0.2) is 46.9 Å². The van der Waals surface area contributed by atoms with E-state index in [1.54, 1.807) is 0 Å². The number of carboxylic acid groups (broad SMARTS) is 1. The van der Waals surface area contributed by atoms with Crippen LogP contribution in [0.5, 0.6) is 5.75 Å². The van der Waals surface area contributed by atoms with Crippen LogP contribution in [0.25, 0.3) is 0 Å². The van der Waals surface area contributed by atoms with Crippen LogP contribution in [0.1, 0.15) is 16.7 Å². The van der Waals surface area contributed by atoms with Crippen LogP contribution in [0.2, 0.25) is 0 Å². The van der Waals surface area contributed by atoms with Gasteiger partial charge in [-0.3, -0.25) is 0 Å². The van der Waals surface area contributed by atoms with Crippen molar-refractivity contribution in [2.75, 3.05) is 6.54 Å². The molecule has 114 valence electrons. The van der Waals surface area contributed by atoms with E-state index in [2.05, 4.69) is 15.9 Å². The molecule has 0 bridgehead atoms. The van der Waals surface area contributed by atoms with Gasteiger partial charge < -0.3 is 14.7 Å². The average molecular weight is 362 g/mol. The minimum Gasteiger partial charge on any atom is -0.489 e. The second kappa shape index (κ2) is 6.40. The van der Waals surface area contributed by atoms with Crippen LogP contribution in [0.4, 0.5) is 4.79 Å². The van der Waals surface area contributed by atoms with Gasteiger partial charge in [-0.15, -0.1) is 0 Å². The third kappa shape index (κ3) is 3.09. The fourth-order valence-electron chi connectivity index (χ4n) is 2.64. The predicted octanol–water partition coefficient (Wildman–Crippen LogP) is 4.06. The maximum absolute atomic E-state index is 11.2. The number of ether oxygens (including phenoxy) is 1. The Balaban J connectivity index is 1.82. The van der Waals surface area contributed by atoms with Gasteiger partial charge in [0.05, 0.1) is 6.54 Å². The molecule has 0 spiro atoms. The molecule has 0 radical (unpaired) electrons. The summed E-state index contributed by atoms with van der Waals surface area (Å²) in [6.45, 7) is 1.41. The zero-order valence-electron chi connectivity index (χ0n) is 12.0. The van der Waals surface area contributed by atoms with Crippen molar-refractivity contribution in [1.82, 2.24) is 4.90 Å². The Hall–Kier alpha value is -2.01. The predicted molar refractivity (Wildman–Crippen MR) is 87.1 cm³/mol. The number of amides is 1. The van der Waals surface area contributed by atoms with Crippen LogP contribution < -0.4 is 4.74 Å². The normalized spacial score (nSPS) is 13.6. The fourth-order valence-corrected chi connectivity index (χ4v) is 3.14. The second-order valence-electron chi connectivity index (χ2n) is 5.23. The first kappa shape index (κ1) is 14.9. The second-order valence-corrected chi connectivity index (χ2v) is 6.09. The Morgan fingerprint density at radius 2 is 1.95 bits per heavy atom. The minimum atomic E-state index is -0.881. The molecular formula is C17H16BrNO3. The van der Waals surface area contributed by atoms with E-state index in [0.29, 0.717) is 26.1 Å². The molecule has 5 heteroatoms. The number of halogens is 1. The van der Waals surface area contributed by atoms with Crippen molar-refractivity contribution >= 4 is 22.0 Å². The van der Waals surface area contributed by atoms with Gasteiger partial charge in [-0.05, 0) is 29.7 Å². The van der Waals surface area contributed by atoms with E-state index in [1.807, 2.05) is 42.5 Å². The maximum Gasteiger partial charge on any atom is 0.407 e. The average Bonchev–Trinajstić information content (AvgIpc) is 2.55. The number of carbonyl (C=O) groups is 1. The molecule has 4 nitrogen and oxygen atoms in total. The molecule has 1 aliphatic heterocycles. The summed E-state index contributed by atoms with van der Waals surface area (Å²) in [5.74, 6) is 0.840. The van der Waals surface area contributed by atoms with Crippen molar-refractivity contribution in [2.24, 2.45) is 0 Å². The number of fused-ring (bicyclic) bond motifs is 1. The first-order chi connectivity index (χ1) is 10.6. The quantitative estimate of drug-likeness (QED) is 0.896. The molecule has 0 saturated heterocycles. The molecule has 22 heavy (non-hydrogen) atoms. The molecule has 1 heterocycles. The molecule has 0 unspecified atom stereocenters. The molecule has 0 fully saturated rings. The molecule has 2 aromatic carbocycles. The van der Waals surface area contributed by atoms with E-state index in [9.17, 15) is 4.79 Å². The third-order valence-corrected chi connectivity index (χ3v) is 4.56. The van der Waals surface area contributed by atoms with E-state index >= 15 is 0 Å². The highest BCUT2D eigenvalue weighted by Gasteiger charge is 2.24. The van der Waals surface area contributed by atoms with Crippen LogP contribution in [-0.2, 0) is 19.6 Å². The van der Waals surface area contributed by atoms with Gasteiger partial charge >= 0.3 is 6.09 Å². The first-order valence-electron chi connectivity index (χ1n) is 7.10. The fraction of sp³-hybridized carbons (Fsp3) is 0.235. The Morgan fingerprint density at radius 1 is 1.18 bits per heavy atom. The molecule has 0 saturated carbocycles. The lowest BCUT2D eigenvalue weighted by Crippen LogP contribution is -2.35. The SMILES string of the molecule is O=C(O)N1CCc2c(OCc3ccccc3)ccc(Br)c2C1. The first-order valence-corrected chi connectivity index (χ1v) is 7.89. The number of benzene rings is 2. The van der Waals surface area contributed by atoms with E-state index in [4.69, 9.17) is 9.84 Å². The lowest BCUT2D eigenvalue weighted by atomic mass is 9.99. The largest absolute Gasteiger partial charge is 0.489 e. The molecule has 1 amide bonds. The lowest BCUT2D eigenvalue weighted by Gasteiger charge is -2.28. The molecule has 0 atom stereocenters. The van der Waals surface area contributed by atoms with Crippen molar-refractivity contribution in [3.63, 3.8) is 0 Å². The van der Waals surface area contributed by atoms with Crippen molar-refractivity contribution in [3.05, 3.63) is 63.6 Å². The molecule has 0 aromatic heterocycles. The summed E-state index contributed by atoms with van der Waals surface area (Å²) in [6, 6.07) is 13.9. The summed E-state index contributed by atoms with van der Waals surface area (Å²) >= 11 is 3.51. The minimum absolute atomic E-state index is 0.397. The van der Waals surface area contributed by atoms with Gasteiger partial charge in [0.15, 0.2) is 0 Å². The zero-order valence-corrected chi connectivity index (χ0v) is 13.5. The zero-order chi connectivity index (χ0) is 15.5. The van der Waals surface area contributed by atoms with Crippen LogP contribution in [-0.4, -0.2) is 22.6 Å². The van der Waals surface area contributed by atoms with Crippen molar-refractivity contribution in [2.45, 2.75) is 19.6 Å². The number of nitrogens with zero attached hydrogens (tertiary/aromatic N) is 1. The van der Waals surface area contributed by atoms with Gasteiger partial charge in [0, 0.05) is 16.6 Å². The molecule has 2 aromatic rings. The summed E-state index contributed by atoms with van der Waals surface area (Å²) in [7, 11) is 0. The van der Waals surface area contributed by atoms with E-state index in [1.165, 1.54) is 4.90 Å².